The Morgan fingerprint density at radius 1 is 1.29 bits per heavy atom. The van der Waals surface area contributed by atoms with Gasteiger partial charge in [0.25, 0.3) is 0 Å². The predicted molar refractivity (Wildman–Crippen MR) is 79.3 cm³/mol. The van der Waals surface area contributed by atoms with Crippen molar-refractivity contribution in [1.82, 2.24) is 25.3 Å². The summed E-state index contributed by atoms with van der Waals surface area (Å²) in [5.41, 5.74) is 1.91. The Hall–Kier alpha value is -2.15. The van der Waals surface area contributed by atoms with Gasteiger partial charge in [0.1, 0.15) is 18.1 Å². The monoisotopic (exact) mass is 288 g/mol. The number of rotatable bonds is 4. The summed E-state index contributed by atoms with van der Waals surface area (Å²) in [5.74, 6) is 0.760. The van der Waals surface area contributed by atoms with Gasteiger partial charge < -0.3 is 15.0 Å². The zero-order chi connectivity index (χ0) is 14.5. The lowest BCUT2D eigenvalue weighted by atomic mass is 10.3. The second-order valence-corrected chi connectivity index (χ2v) is 5.14. The van der Waals surface area contributed by atoms with Crippen LogP contribution in [-0.4, -0.2) is 46.2 Å². The Morgan fingerprint density at radius 2 is 2.24 bits per heavy atom. The average Bonchev–Trinajstić information content (AvgIpc) is 2.76. The fourth-order valence-electron chi connectivity index (χ4n) is 2.38. The molecule has 0 amide bonds. The van der Waals surface area contributed by atoms with Crippen LogP contribution in [0.3, 0.4) is 0 Å². The first-order valence-electron chi connectivity index (χ1n) is 7.20. The lowest BCUT2D eigenvalue weighted by Crippen LogP contribution is -2.27. The maximum Gasteiger partial charge on any atom is 0.140 e. The van der Waals surface area contributed by atoms with Crippen molar-refractivity contribution in [2.45, 2.75) is 13.0 Å². The van der Waals surface area contributed by atoms with Gasteiger partial charge in [0.05, 0.1) is 24.3 Å². The van der Waals surface area contributed by atoms with Crippen LogP contribution in [-0.2, 0) is 13.7 Å². The van der Waals surface area contributed by atoms with Crippen molar-refractivity contribution in [1.29, 1.82) is 0 Å². The smallest absolute Gasteiger partial charge is 0.140 e. The maximum absolute atomic E-state index is 5.75. The molecule has 7 nitrogen and oxygen atoms in total. The Morgan fingerprint density at radius 3 is 3.10 bits per heavy atom. The van der Waals surface area contributed by atoms with Crippen LogP contribution in [0.1, 0.15) is 12.1 Å². The van der Waals surface area contributed by atoms with Crippen molar-refractivity contribution in [3.05, 3.63) is 30.4 Å². The van der Waals surface area contributed by atoms with Crippen LogP contribution in [0.2, 0.25) is 0 Å². The maximum atomic E-state index is 5.75. The summed E-state index contributed by atoms with van der Waals surface area (Å²) in [6, 6.07) is 2.04. The molecule has 0 aliphatic carbocycles. The third-order valence-electron chi connectivity index (χ3n) is 3.44. The molecule has 3 rings (SSSR count). The third kappa shape index (κ3) is 3.69. The fourth-order valence-corrected chi connectivity index (χ4v) is 2.38. The van der Waals surface area contributed by atoms with Crippen LogP contribution >= 0.6 is 0 Å². The number of anilines is 1. The second kappa shape index (κ2) is 6.53. The van der Waals surface area contributed by atoms with Gasteiger partial charge in [-0.3, -0.25) is 9.67 Å². The number of nitrogens with one attached hydrogen (secondary N) is 1. The minimum atomic E-state index is 0.403. The van der Waals surface area contributed by atoms with E-state index in [4.69, 9.17) is 4.74 Å². The molecule has 1 aliphatic heterocycles. The molecular formula is C14H20N6O. The molecule has 2 aromatic rings. The summed E-state index contributed by atoms with van der Waals surface area (Å²) in [6.45, 7) is 4.52. The lowest BCUT2D eigenvalue weighted by molar-refractivity contribution is 0.300. The largest absolute Gasteiger partial charge is 0.485 e. The molecule has 112 valence electrons. The topological polar surface area (TPSA) is 68.1 Å². The summed E-state index contributed by atoms with van der Waals surface area (Å²) in [5, 5.41) is 11.3. The highest BCUT2D eigenvalue weighted by molar-refractivity contribution is 5.48. The zero-order valence-corrected chi connectivity index (χ0v) is 12.2. The Kier molecular flexibility index (Phi) is 4.30. The molecule has 0 atom stereocenters. The quantitative estimate of drug-likeness (QED) is 0.888. The number of hydrogen-bond donors (Lipinski definition) is 1. The first-order chi connectivity index (χ1) is 10.3. The van der Waals surface area contributed by atoms with E-state index >= 15 is 0 Å². The predicted octanol–water partition coefficient (Wildman–Crippen LogP) is 0.589. The van der Waals surface area contributed by atoms with Gasteiger partial charge in [-0.2, -0.15) is 0 Å². The second-order valence-electron chi connectivity index (χ2n) is 5.14. The summed E-state index contributed by atoms with van der Waals surface area (Å²) in [4.78, 5) is 6.62. The standard InChI is InChI=1S/C14H20N6O/c1-19-10-12(17-18-19)11-21-14-7-13(8-16-9-14)20-5-2-3-15-4-6-20/h7-10,15H,2-6,11H2,1H3. The van der Waals surface area contributed by atoms with Crippen LogP contribution in [0, 0.1) is 0 Å². The number of pyridine rings is 1. The summed E-state index contributed by atoms with van der Waals surface area (Å²) < 4.78 is 7.41. The number of aromatic nitrogens is 4. The number of nitrogens with zero attached hydrogens (tertiary/aromatic N) is 5. The minimum absolute atomic E-state index is 0.403. The first-order valence-corrected chi connectivity index (χ1v) is 7.20. The SMILES string of the molecule is Cn1cc(COc2cncc(N3CCCNCC3)c2)nn1. The van der Waals surface area contributed by atoms with Gasteiger partial charge in [-0.1, -0.05) is 5.21 Å². The molecule has 0 radical (unpaired) electrons. The van der Waals surface area contributed by atoms with Gasteiger partial charge in [0.2, 0.25) is 0 Å². The number of ether oxygens (including phenoxy) is 1. The van der Waals surface area contributed by atoms with Crippen molar-refractivity contribution < 1.29 is 4.74 Å². The third-order valence-corrected chi connectivity index (χ3v) is 3.44. The highest BCUT2D eigenvalue weighted by Crippen LogP contribution is 2.20. The molecule has 1 aliphatic rings. The van der Waals surface area contributed by atoms with E-state index in [0.29, 0.717) is 6.61 Å². The van der Waals surface area contributed by atoms with Gasteiger partial charge in [-0.05, 0) is 13.0 Å². The average molecular weight is 288 g/mol. The van der Waals surface area contributed by atoms with Crippen LogP contribution in [0.4, 0.5) is 5.69 Å². The molecule has 1 N–H and O–H groups in total. The lowest BCUT2D eigenvalue weighted by Gasteiger charge is -2.22. The first kappa shape index (κ1) is 13.8. The highest BCUT2D eigenvalue weighted by Gasteiger charge is 2.11. The van der Waals surface area contributed by atoms with Crippen LogP contribution in [0.25, 0.3) is 0 Å². The molecule has 2 aromatic heterocycles. The van der Waals surface area contributed by atoms with Gasteiger partial charge >= 0.3 is 0 Å². The molecular weight excluding hydrogens is 268 g/mol. The van der Waals surface area contributed by atoms with E-state index in [1.54, 1.807) is 10.9 Å². The summed E-state index contributed by atoms with van der Waals surface area (Å²) in [7, 11) is 1.84. The van der Waals surface area contributed by atoms with E-state index < -0.39 is 0 Å². The molecule has 1 saturated heterocycles. The van der Waals surface area contributed by atoms with Crippen LogP contribution in [0.5, 0.6) is 5.75 Å². The minimum Gasteiger partial charge on any atom is -0.485 e. The van der Waals surface area contributed by atoms with Crippen LogP contribution in [0.15, 0.2) is 24.7 Å². The van der Waals surface area contributed by atoms with E-state index in [1.807, 2.05) is 25.5 Å². The molecule has 0 unspecified atom stereocenters. The summed E-state index contributed by atoms with van der Waals surface area (Å²) >= 11 is 0. The van der Waals surface area contributed by atoms with E-state index in [1.165, 1.54) is 0 Å². The van der Waals surface area contributed by atoms with Crippen molar-refractivity contribution in [2.75, 3.05) is 31.1 Å². The molecule has 0 spiro atoms. The van der Waals surface area contributed by atoms with E-state index in [9.17, 15) is 0 Å². The molecule has 3 heterocycles. The van der Waals surface area contributed by atoms with Crippen molar-refractivity contribution in [3.8, 4) is 5.75 Å². The summed E-state index contributed by atoms with van der Waals surface area (Å²) in [6.07, 6.45) is 6.61. The van der Waals surface area contributed by atoms with E-state index in [0.717, 1.165) is 49.7 Å². The van der Waals surface area contributed by atoms with E-state index in [2.05, 4.69) is 25.5 Å². The van der Waals surface area contributed by atoms with Gasteiger partial charge in [0, 0.05) is 32.7 Å². The van der Waals surface area contributed by atoms with Gasteiger partial charge in [0.15, 0.2) is 0 Å². The van der Waals surface area contributed by atoms with Crippen molar-refractivity contribution in [3.63, 3.8) is 0 Å². The van der Waals surface area contributed by atoms with E-state index in [-0.39, 0.29) is 0 Å². The highest BCUT2D eigenvalue weighted by atomic mass is 16.5. The normalized spacial score (nSPS) is 15.8. The Balaban J connectivity index is 1.64. The van der Waals surface area contributed by atoms with Crippen molar-refractivity contribution in [2.24, 2.45) is 7.05 Å². The molecule has 7 heteroatoms. The van der Waals surface area contributed by atoms with Gasteiger partial charge in [-0.25, -0.2) is 0 Å². The fraction of sp³-hybridized carbons (Fsp3) is 0.500. The number of aryl methyl sites for hydroxylation is 1. The Labute approximate surface area is 123 Å². The molecule has 0 aromatic carbocycles. The Bertz CT molecular complexity index is 576. The molecule has 0 bridgehead atoms. The van der Waals surface area contributed by atoms with Gasteiger partial charge in [-0.15, -0.1) is 5.10 Å². The molecule has 1 fully saturated rings. The zero-order valence-electron chi connectivity index (χ0n) is 12.2. The molecule has 21 heavy (non-hydrogen) atoms. The van der Waals surface area contributed by atoms with Crippen molar-refractivity contribution >= 4 is 5.69 Å². The number of hydrogen-bond acceptors (Lipinski definition) is 6. The van der Waals surface area contributed by atoms with Crippen LogP contribution < -0.4 is 15.0 Å². The molecule has 0 saturated carbocycles.